The molecule has 0 aliphatic heterocycles. The summed E-state index contributed by atoms with van der Waals surface area (Å²) in [5.41, 5.74) is 1.54. The zero-order valence-corrected chi connectivity index (χ0v) is 16.1. The molecule has 28 heavy (non-hydrogen) atoms. The van der Waals surface area contributed by atoms with Crippen LogP contribution in [0.25, 0.3) is 0 Å². The molecule has 0 aliphatic rings. The van der Waals surface area contributed by atoms with Crippen LogP contribution < -0.4 is 14.8 Å². The molecule has 0 saturated carbocycles. The lowest BCUT2D eigenvalue weighted by Crippen LogP contribution is -2.08. The molecule has 0 fully saturated rings. The van der Waals surface area contributed by atoms with E-state index in [1.165, 1.54) is 6.92 Å². The van der Waals surface area contributed by atoms with E-state index in [-0.39, 0.29) is 5.78 Å². The minimum Gasteiger partial charge on any atom is -0.493 e. The number of nitrogens with zero attached hydrogens (tertiary/aromatic N) is 1. The number of hydrogen-bond acceptors (Lipinski definition) is 5. The Hall–Kier alpha value is -3.34. The number of hydrogen-bond donors (Lipinski definition) is 1. The fourth-order valence-corrected chi connectivity index (χ4v) is 2.70. The molecule has 144 valence electrons. The van der Waals surface area contributed by atoms with Crippen LogP contribution in [0.4, 0.5) is 5.82 Å². The zero-order chi connectivity index (χ0) is 19.8. The van der Waals surface area contributed by atoms with E-state index >= 15 is 0 Å². The molecule has 0 spiro atoms. The number of carbonyl (C=O) groups excluding carboxylic acids is 1. The van der Waals surface area contributed by atoms with Crippen LogP contribution in [0.3, 0.4) is 0 Å². The SMILES string of the molecule is CC(=O)c1ccc(OCCCNc2ccccn2)cc1Oc1ccccc1C. The van der Waals surface area contributed by atoms with Crippen LogP contribution in [-0.4, -0.2) is 23.9 Å². The summed E-state index contributed by atoms with van der Waals surface area (Å²) in [6.45, 7) is 4.81. The van der Waals surface area contributed by atoms with Crippen molar-refractivity contribution in [2.75, 3.05) is 18.5 Å². The van der Waals surface area contributed by atoms with Gasteiger partial charge in [0.1, 0.15) is 23.1 Å². The number of benzene rings is 2. The zero-order valence-electron chi connectivity index (χ0n) is 16.1. The standard InChI is InChI=1S/C23H24N2O3/c1-17-8-3-4-9-21(17)28-22-16-19(11-12-20(22)18(2)26)27-15-7-14-25-23-10-5-6-13-24-23/h3-6,8-13,16H,7,14-15H2,1-2H3,(H,24,25). The molecule has 5 nitrogen and oxygen atoms in total. The van der Waals surface area contributed by atoms with Crippen molar-refractivity contribution < 1.29 is 14.3 Å². The van der Waals surface area contributed by atoms with E-state index < -0.39 is 0 Å². The van der Waals surface area contributed by atoms with E-state index in [1.54, 1.807) is 24.4 Å². The molecular weight excluding hydrogens is 352 g/mol. The summed E-state index contributed by atoms with van der Waals surface area (Å²) >= 11 is 0. The topological polar surface area (TPSA) is 60.5 Å². The van der Waals surface area contributed by atoms with E-state index in [2.05, 4.69) is 10.3 Å². The molecular formula is C23H24N2O3. The third-order valence-corrected chi connectivity index (χ3v) is 4.21. The van der Waals surface area contributed by atoms with Crippen LogP contribution >= 0.6 is 0 Å². The van der Waals surface area contributed by atoms with Gasteiger partial charge in [0.25, 0.3) is 0 Å². The van der Waals surface area contributed by atoms with Crippen molar-refractivity contribution in [1.29, 1.82) is 0 Å². The Bertz CT molecular complexity index is 926. The van der Waals surface area contributed by atoms with Gasteiger partial charge in [-0.1, -0.05) is 24.3 Å². The maximum Gasteiger partial charge on any atom is 0.163 e. The van der Waals surface area contributed by atoms with Gasteiger partial charge in [-0.15, -0.1) is 0 Å². The molecule has 0 amide bonds. The molecule has 0 saturated heterocycles. The molecule has 1 N–H and O–H groups in total. The quantitative estimate of drug-likeness (QED) is 0.407. The maximum atomic E-state index is 12.0. The van der Waals surface area contributed by atoms with Gasteiger partial charge < -0.3 is 14.8 Å². The Morgan fingerprint density at radius 1 is 1.04 bits per heavy atom. The minimum atomic E-state index is -0.0466. The number of para-hydroxylation sites is 1. The molecule has 0 atom stereocenters. The van der Waals surface area contributed by atoms with Crippen molar-refractivity contribution in [3.63, 3.8) is 0 Å². The van der Waals surface area contributed by atoms with Crippen molar-refractivity contribution in [3.05, 3.63) is 78.0 Å². The van der Waals surface area contributed by atoms with Gasteiger partial charge in [0.2, 0.25) is 0 Å². The molecule has 0 aliphatic carbocycles. The normalized spacial score (nSPS) is 10.4. The lowest BCUT2D eigenvalue weighted by Gasteiger charge is -2.14. The largest absolute Gasteiger partial charge is 0.493 e. The predicted molar refractivity (Wildman–Crippen MR) is 111 cm³/mol. The van der Waals surface area contributed by atoms with E-state index in [4.69, 9.17) is 9.47 Å². The van der Waals surface area contributed by atoms with Gasteiger partial charge in [0.05, 0.1) is 12.2 Å². The number of pyridine rings is 1. The van der Waals surface area contributed by atoms with Crippen molar-refractivity contribution in [3.8, 4) is 17.2 Å². The van der Waals surface area contributed by atoms with E-state index in [0.29, 0.717) is 23.7 Å². The summed E-state index contributed by atoms with van der Waals surface area (Å²) < 4.78 is 11.8. The van der Waals surface area contributed by atoms with Gasteiger partial charge >= 0.3 is 0 Å². The molecule has 0 bridgehead atoms. The Morgan fingerprint density at radius 2 is 1.86 bits per heavy atom. The molecule has 1 heterocycles. The van der Waals surface area contributed by atoms with Crippen molar-refractivity contribution in [1.82, 2.24) is 4.98 Å². The second-order valence-electron chi connectivity index (χ2n) is 6.43. The van der Waals surface area contributed by atoms with Crippen LogP contribution in [0.15, 0.2) is 66.9 Å². The molecule has 3 rings (SSSR count). The van der Waals surface area contributed by atoms with E-state index in [1.807, 2.05) is 49.4 Å². The highest BCUT2D eigenvalue weighted by atomic mass is 16.5. The lowest BCUT2D eigenvalue weighted by atomic mass is 10.1. The summed E-state index contributed by atoms with van der Waals surface area (Å²) in [5, 5.41) is 3.24. The van der Waals surface area contributed by atoms with Gasteiger partial charge in [-0.2, -0.15) is 0 Å². The molecule has 1 aromatic heterocycles. The predicted octanol–water partition coefficient (Wildman–Crippen LogP) is 5.27. The first-order chi connectivity index (χ1) is 13.6. The van der Waals surface area contributed by atoms with Crippen LogP contribution in [0, 0.1) is 6.92 Å². The Morgan fingerprint density at radius 3 is 2.61 bits per heavy atom. The number of rotatable bonds is 9. The summed E-state index contributed by atoms with van der Waals surface area (Å²) in [7, 11) is 0. The van der Waals surface area contributed by atoms with Gasteiger partial charge in [0, 0.05) is 18.8 Å². The maximum absolute atomic E-state index is 12.0. The van der Waals surface area contributed by atoms with Gasteiger partial charge in [0.15, 0.2) is 5.78 Å². The smallest absolute Gasteiger partial charge is 0.163 e. The Labute approximate surface area is 165 Å². The average Bonchev–Trinajstić information content (AvgIpc) is 2.70. The number of aromatic nitrogens is 1. The van der Waals surface area contributed by atoms with Gasteiger partial charge in [-0.3, -0.25) is 4.79 Å². The number of ketones is 1. The summed E-state index contributed by atoms with van der Waals surface area (Å²) in [6.07, 6.45) is 2.57. The second-order valence-corrected chi connectivity index (χ2v) is 6.43. The minimum absolute atomic E-state index is 0.0466. The van der Waals surface area contributed by atoms with Crippen molar-refractivity contribution in [2.45, 2.75) is 20.3 Å². The second kappa shape index (κ2) is 9.55. The monoisotopic (exact) mass is 376 g/mol. The number of carbonyl (C=O) groups is 1. The van der Waals surface area contributed by atoms with Crippen LogP contribution in [-0.2, 0) is 0 Å². The molecule has 5 heteroatoms. The number of nitrogens with one attached hydrogen (secondary N) is 1. The highest BCUT2D eigenvalue weighted by molar-refractivity contribution is 5.97. The van der Waals surface area contributed by atoms with E-state index in [9.17, 15) is 4.79 Å². The Balaban J connectivity index is 1.60. The summed E-state index contributed by atoms with van der Waals surface area (Å²) in [6, 6.07) is 18.8. The number of Topliss-reactive ketones (excluding diaryl/α,β-unsaturated/α-hetero) is 1. The van der Waals surface area contributed by atoms with Crippen LogP contribution in [0.1, 0.15) is 29.3 Å². The summed E-state index contributed by atoms with van der Waals surface area (Å²) in [5.74, 6) is 2.70. The van der Waals surface area contributed by atoms with E-state index in [0.717, 1.165) is 30.1 Å². The first-order valence-electron chi connectivity index (χ1n) is 9.29. The highest BCUT2D eigenvalue weighted by Gasteiger charge is 2.12. The third kappa shape index (κ3) is 5.33. The molecule has 0 radical (unpaired) electrons. The van der Waals surface area contributed by atoms with Gasteiger partial charge in [-0.25, -0.2) is 4.98 Å². The van der Waals surface area contributed by atoms with Crippen LogP contribution in [0.2, 0.25) is 0 Å². The average molecular weight is 376 g/mol. The molecule has 3 aromatic rings. The first-order valence-corrected chi connectivity index (χ1v) is 9.29. The number of aryl methyl sites for hydroxylation is 1. The molecule has 2 aromatic carbocycles. The molecule has 0 unspecified atom stereocenters. The van der Waals surface area contributed by atoms with Crippen LogP contribution in [0.5, 0.6) is 17.2 Å². The number of anilines is 1. The Kier molecular flexibility index (Phi) is 6.63. The van der Waals surface area contributed by atoms with Crippen molar-refractivity contribution >= 4 is 11.6 Å². The van der Waals surface area contributed by atoms with Crippen molar-refractivity contribution in [2.24, 2.45) is 0 Å². The lowest BCUT2D eigenvalue weighted by molar-refractivity contribution is 0.101. The number of ether oxygens (including phenoxy) is 2. The van der Waals surface area contributed by atoms with Gasteiger partial charge in [-0.05, 0) is 56.2 Å². The summed E-state index contributed by atoms with van der Waals surface area (Å²) in [4.78, 5) is 16.2. The third-order valence-electron chi connectivity index (χ3n) is 4.21. The fraction of sp³-hybridized carbons (Fsp3) is 0.217. The first kappa shape index (κ1) is 19.4. The fourth-order valence-electron chi connectivity index (χ4n) is 2.70. The highest BCUT2D eigenvalue weighted by Crippen LogP contribution is 2.31.